The van der Waals surface area contributed by atoms with E-state index in [-0.39, 0.29) is 48.6 Å². The number of benzene rings is 4. The molecule has 3 unspecified atom stereocenters. The first-order valence-electron chi connectivity index (χ1n) is 19.2. The molecule has 4 bridgehead atoms. The topological polar surface area (TPSA) is 186 Å². The van der Waals surface area contributed by atoms with Crippen LogP contribution in [0.25, 0.3) is 10.9 Å². The summed E-state index contributed by atoms with van der Waals surface area (Å²) in [5, 5.41) is 12.8. The molecule has 0 saturated heterocycles. The molecule has 15 heteroatoms. The molecule has 6 aromatic rings. The molecule has 300 valence electrons. The van der Waals surface area contributed by atoms with Crippen LogP contribution in [0.4, 0.5) is 10.5 Å². The van der Waals surface area contributed by atoms with Crippen LogP contribution in [0.1, 0.15) is 74.6 Å². The molecule has 2 aromatic heterocycles. The first-order chi connectivity index (χ1) is 28.6. The normalized spacial score (nSPS) is 19.9. The van der Waals surface area contributed by atoms with Crippen molar-refractivity contribution < 1.29 is 37.8 Å². The van der Waals surface area contributed by atoms with E-state index in [0.29, 0.717) is 39.1 Å². The number of halogens is 1. The summed E-state index contributed by atoms with van der Waals surface area (Å²) in [6.07, 6.45) is 0.150. The Hall–Kier alpha value is -6.61. The Morgan fingerprint density at radius 1 is 1.00 bits per heavy atom. The molecule has 1 spiro atoms. The van der Waals surface area contributed by atoms with E-state index < -0.39 is 41.6 Å². The van der Waals surface area contributed by atoms with Crippen molar-refractivity contribution in [3.05, 3.63) is 141 Å². The Bertz CT molecular complexity index is 2660. The number of anilines is 1. The predicted molar refractivity (Wildman–Crippen MR) is 219 cm³/mol. The number of aromatic amines is 1. The van der Waals surface area contributed by atoms with Crippen molar-refractivity contribution in [1.82, 2.24) is 25.9 Å². The number of Topliss-reactive ketones (excluding diaryl/α,β-unsaturated/α-hetero) is 1. The van der Waals surface area contributed by atoms with E-state index in [4.69, 9.17) is 23.6 Å². The molecule has 59 heavy (non-hydrogen) atoms. The van der Waals surface area contributed by atoms with E-state index >= 15 is 0 Å². The summed E-state index contributed by atoms with van der Waals surface area (Å²) in [5.41, 5.74) is 3.37. The summed E-state index contributed by atoms with van der Waals surface area (Å²) in [6.45, 7) is 3.44. The molecule has 4 atom stereocenters. The fourth-order valence-corrected chi connectivity index (χ4v) is 8.75. The van der Waals surface area contributed by atoms with Crippen molar-refractivity contribution in [2.75, 3.05) is 19.0 Å². The Labute approximate surface area is 346 Å². The van der Waals surface area contributed by atoms with Gasteiger partial charge in [0.2, 0.25) is 11.8 Å². The average molecular weight is 860 g/mol. The van der Waals surface area contributed by atoms with Crippen molar-refractivity contribution in [3.63, 3.8) is 0 Å². The van der Waals surface area contributed by atoms with Crippen molar-refractivity contribution in [2.45, 2.75) is 50.6 Å². The molecular formula is C44H39BrN6O8. The third-order valence-corrected chi connectivity index (χ3v) is 11.8. The van der Waals surface area contributed by atoms with E-state index in [1.807, 2.05) is 74.5 Å². The predicted octanol–water partition coefficient (Wildman–Crippen LogP) is 6.68. The van der Waals surface area contributed by atoms with Crippen LogP contribution in [0, 0.1) is 5.92 Å². The van der Waals surface area contributed by atoms with E-state index in [2.05, 4.69) is 42.2 Å². The zero-order chi connectivity index (χ0) is 41.0. The van der Waals surface area contributed by atoms with Gasteiger partial charge in [0.05, 0.1) is 24.9 Å². The van der Waals surface area contributed by atoms with Gasteiger partial charge in [0.15, 0.2) is 23.5 Å². The highest BCUT2D eigenvalue weighted by molar-refractivity contribution is 9.10. The smallest absolute Gasteiger partial charge is 0.408 e. The third-order valence-electron chi connectivity index (χ3n) is 11.1. The molecule has 3 aliphatic rings. The minimum absolute atomic E-state index is 0.0176. The van der Waals surface area contributed by atoms with Gasteiger partial charge in [-0.05, 0) is 51.2 Å². The number of nitrogens with zero attached hydrogens (tertiary/aromatic N) is 1. The Kier molecular flexibility index (Phi) is 9.62. The molecule has 3 aliphatic heterocycles. The van der Waals surface area contributed by atoms with Gasteiger partial charge in [0.25, 0.3) is 5.91 Å². The number of fused-ring (bicyclic) bond motifs is 5. The number of hydrogen-bond acceptors (Lipinski definition) is 10. The number of nitrogens with one attached hydrogen (secondary N) is 5. The summed E-state index contributed by atoms with van der Waals surface area (Å²) < 4.78 is 25.2. The number of carbonyl (C=O) groups excluding carboxylic acids is 4. The second kappa shape index (κ2) is 15.0. The number of aromatic nitrogens is 2. The molecule has 14 nitrogen and oxygen atoms in total. The summed E-state index contributed by atoms with van der Waals surface area (Å²) in [6, 6.07) is 24.0. The number of methoxy groups -OCH3 is 1. The lowest BCUT2D eigenvalue weighted by Crippen LogP contribution is -2.49. The Morgan fingerprint density at radius 3 is 2.61 bits per heavy atom. The standard InChI is InChI=1S/C44H39BrN6O8/c1-22(2)34-41-50-37(40(54)47-20-31(52)26-19-46-35-25(26)11-7-14-33(35)56-3)38(59-41)44-27-12-8-13-29(45)36(27)51-42(44)58-32-16-15-24(17-28(32)44)18-30(39(53)49-34)48-43(55)57-21-23-9-5-4-6-10-23/h4-17,19,22,30,34,42,46,51H,18,20-21H2,1-3H3,(H,47,54)(H,48,55)(H,49,53)/t30-,34?,42?,44?/m0/s1. The van der Waals surface area contributed by atoms with E-state index in [1.165, 1.54) is 0 Å². The number of ether oxygens (including phenoxy) is 3. The Morgan fingerprint density at radius 2 is 1.81 bits per heavy atom. The van der Waals surface area contributed by atoms with Gasteiger partial charge >= 0.3 is 6.09 Å². The van der Waals surface area contributed by atoms with Gasteiger partial charge in [0, 0.05) is 39.2 Å². The van der Waals surface area contributed by atoms with Gasteiger partial charge < -0.3 is 44.9 Å². The lowest BCUT2D eigenvalue weighted by Gasteiger charge is -2.28. The highest BCUT2D eigenvalue weighted by Gasteiger charge is 2.61. The highest BCUT2D eigenvalue weighted by Crippen LogP contribution is 2.59. The summed E-state index contributed by atoms with van der Waals surface area (Å²) in [4.78, 5) is 63.6. The quantitative estimate of drug-likeness (QED) is 0.0983. The first kappa shape index (κ1) is 37.9. The van der Waals surface area contributed by atoms with Crippen LogP contribution >= 0.6 is 15.9 Å². The molecule has 5 heterocycles. The van der Waals surface area contributed by atoms with E-state index in [0.717, 1.165) is 21.3 Å². The van der Waals surface area contributed by atoms with Crippen LogP contribution in [0.5, 0.6) is 11.5 Å². The van der Waals surface area contributed by atoms with Gasteiger partial charge in [-0.25, -0.2) is 9.78 Å². The van der Waals surface area contributed by atoms with E-state index in [1.54, 1.807) is 37.6 Å². The second-order valence-corrected chi connectivity index (χ2v) is 15.9. The number of ketones is 1. The van der Waals surface area contributed by atoms with Gasteiger partial charge in [-0.3, -0.25) is 14.4 Å². The van der Waals surface area contributed by atoms with Gasteiger partial charge in [-0.2, -0.15) is 0 Å². The minimum atomic E-state index is -1.26. The van der Waals surface area contributed by atoms with Crippen LogP contribution in [0.2, 0.25) is 0 Å². The zero-order valence-electron chi connectivity index (χ0n) is 32.2. The number of alkyl carbamates (subject to hydrolysis) is 1. The molecular weight excluding hydrogens is 820 g/mol. The van der Waals surface area contributed by atoms with E-state index in [9.17, 15) is 19.2 Å². The fraction of sp³-hybridized carbons (Fsp3) is 0.250. The number of carbonyl (C=O) groups is 4. The molecule has 9 rings (SSSR count). The first-order valence-corrected chi connectivity index (χ1v) is 20.0. The number of H-pyrrole nitrogens is 1. The summed E-state index contributed by atoms with van der Waals surface area (Å²) in [7, 11) is 1.55. The van der Waals surface area contributed by atoms with Crippen LogP contribution in [-0.4, -0.2) is 59.6 Å². The SMILES string of the molecule is COc1cccc2c(C(=O)CNC(=O)c3nc4oc3C35c6cc(ccc6OC3Nc3c(Br)cccc35)C[C@H](NC(=O)OCc3ccccc3)C(=O)NC4C(C)C)c[nH]c12. The fourth-order valence-electron chi connectivity index (χ4n) is 8.27. The largest absolute Gasteiger partial charge is 0.495 e. The summed E-state index contributed by atoms with van der Waals surface area (Å²) >= 11 is 3.70. The van der Waals surface area contributed by atoms with Gasteiger partial charge in [-0.1, -0.05) is 80.6 Å². The minimum Gasteiger partial charge on any atom is -0.495 e. The second-order valence-electron chi connectivity index (χ2n) is 15.1. The van der Waals surface area contributed by atoms with Crippen molar-refractivity contribution >= 4 is 56.2 Å². The van der Waals surface area contributed by atoms with Crippen molar-refractivity contribution in [3.8, 4) is 11.5 Å². The molecule has 4 aromatic carbocycles. The highest BCUT2D eigenvalue weighted by atomic mass is 79.9. The average Bonchev–Trinajstić information content (AvgIpc) is 4.01. The molecule has 0 fully saturated rings. The number of oxazole rings is 1. The summed E-state index contributed by atoms with van der Waals surface area (Å²) in [5.74, 6) is -0.441. The van der Waals surface area contributed by atoms with Crippen LogP contribution in [0.3, 0.4) is 0 Å². The van der Waals surface area contributed by atoms with Crippen LogP contribution in [0.15, 0.2) is 100 Å². The van der Waals surface area contributed by atoms with Gasteiger partial charge in [0.1, 0.15) is 35.6 Å². The maximum Gasteiger partial charge on any atom is 0.408 e. The molecule has 5 N–H and O–H groups in total. The Balaban J connectivity index is 1.13. The zero-order valence-corrected chi connectivity index (χ0v) is 33.8. The molecule has 0 radical (unpaired) electrons. The number of para-hydroxylation sites is 2. The monoisotopic (exact) mass is 858 g/mol. The molecule has 3 amide bonds. The molecule has 0 saturated carbocycles. The number of amides is 3. The lowest BCUT2D eigenvalue weighted by atomic mass is 9.72. The number of rotatable bonds is 9. The third kappa shape index (κ3) is 6.45. The lowest BCUT2D eigenvalue weighted by molar-refractivity contribution is -0.124. The van der Waals surface area contributed by atoms with Crippen molar-refractivity contribution in [2.24, 2.45) is 5.92 Å². The molecule has 0 aliphatic carbocycles. The number of hydrogen-bond donors (Lipinski definition) is 5. The maximum absolute atomic E-state index is 14.5. The van der Waals surface area contributed by atoms with Crippen LogP contribution < -0.4 is 30.7 Å². The van der Waals surface area contributed by atoms with Crippen LogP contribution in [-0.2, 0) is 28.0 Å². The van der Waals surface area contributed by atoms with Gasteiger partial charge in [-0.15, -0.1) is 0 Å². The van der Waals surface area contributed by atoms with Crippen molar-refractivity contribution in [1.29, 1.82) is 0 Å². The maximum atomic E-state index is 14.5.